The number of halogens is 1. The third-order valence-electron chi connectivity index (χ3n) is 3.06. The molecule has 0 aromatic heterocycles. The standard InChI is InChI=1S/C14H11F/c1-9-5-6-10-3-2-4-12-13(15)8-7-11(9)14(10)12/h2-8,13H,1H3. The normalized spacial score (nSPS) is 18.4. The third-order valence-corrected chi connectivity index (χ3v) is 3.06. The summed E-state index contributed by atoms with van der Waals surface area (Å²) in [6, 6.07) is 9.98. The molecule has 0 spiro atoms. The first-order chi connectivity index (χ1) is 7.27. The highest BCUT2D eigenvalue weighted by atomic mass is 19.1. The van der Waals surface area contributed by atoms with E-state index >= 15 is 0 Å². The zero-order valence-corrected chi connectivity index (χ0v) is 8.50. The van der Waals surface area contributed by atoms with Crippen LogP contribution in [0.5, 0.6) is 0 Å². The van der Waals surface area contributed by atoms with Crippen LogP contribution in [0.2, 0.25) is 0 Å². The Hall–Kier alpha value is -1.63. The van der Waals surface area contributed by atoms with Crippen LogP contribution in [-0.4, -0.2) is 0 Å². The SMILES string of the molecule is Cc1ccc2cccc3c2c1C=CC3F. The molecule has 2 aromatic rings. The molecule has 1 aliphatic rings. The van der Waals surface area contributed by atoms with E-state index in [-0.39, 0.29) is 0 Å². The Kier molecular flexibility index (Phi) is 1.69. The number of hydrogen-bond donors (Lipinski definition) is 0. The maximum atomic E-state index is 13.7. The maximum Gasteiger partial charge on any atom is 0.144 e. The van der Waals surface area contributed by atoms with Crippen LogP contribution in [0.25, 0.3) is 16.8 Å². The van der Waals surface area contributed by atoms with Crippen molar-refractivity contribution in [2.45, 2.75) is 13.1 Å². The number of aryl methyl sites for hydroxylation is 1. The molecule has 74 valence electrons. The van der Waals surface area contributed by atoms with E-state index in [1.165, 1.54) is 5.56 Å². The van der Waals surface area contributed by atoms with Crippen LogP contribution >= 0.6 is 0 Å². The Morgan fingerprint density at radius 1 is 1.13 bits per heavy atom. The molecule has 0 N–H and O–H groups in total. The fourth-order valence-electron chi connectivity index (χ4n) is 2.27. The van der Waals surface area contributed by atoms with Crippen molar-refractivity contribution in [3.05, 3.63) is 53.1 Å². The van der Waals surface area contributed by atoms with Crippen molar-refractivity contribution in [3.63, 3.8) is 0 Å². The van der Waals surface area contributed by atoms with E-state index in [1.54, 1.807) is 6.08 Å². The van der Waals surface area contributed by atoms with E-state index in [4.69, 9.17) is 0 Å². The number of rotatable bonds is 0. The van der Waals surface area contributed by atoms with Gasteiger partial charge in [-0.1, -0.05) is 36.4 Å². The van der Waals surface area contributed by atoms with Crippen LogP contribution in [0.4, 0.5) is 4.39 Å². The summed E-state index contributed by atoms with van der Waals surface area (Å²) >= 11 is 0. The fourth-order valence-corrected chi connectivity index (χ4v) is 2.27. The van der Waals surface area contributed by atoms with Gasteiger partial charge in [-0.3, -0.25) is 0 Å². The van der Waals surface area contributed by atoms with Crippen molar-refractivity contribution in [2.75, 3.05) is 0 Å². The Morgan fingerprint density at radius 3 is 2.87 bits per heavy atom. The van der Waals surface area contributed by atoms with Crippen molar-refractivity contribution in [1.82, 2.24) is 0 Å². The van der Waals surface area contributed by atoms with E-state index in [0.29, 0.717) is 0 Å². The van der Waals surface area contributed by atoms with Gasteiger partial charge in [-0.2, -0.15) is 0 Å². The van der Waals surface area contributed by atoms with Gasteiger partial charge in [0.1, 0.15) is 6.17 Å². The highest BCUT2D eigenvalue weighted by molar-refractivity contribution is 5.96. The predicted molar refractivity (Wildman–Crippen MR) is 61.6 cm³/mol. The van der Waals surface area contributed by atoms with E-state index in [9.17, 15) is 4.39 Å². The molecular weight excluding hydrogens is 187 g/mol. The molecule has 0 nitrogen and oxygen atoms in total. The summed E-state index contributed by atoms with van der Waals surface area (Å²) in [7, 11) is 0. The van der Waals surface area contributed by atoms with Crippen LogP contribution in [-0.2, 0) is 0 Å². The number of alkyl halides is 1. The van der Waals surface area contributed by atoms with Gasteiger partial charge in [0.2, 0.25) is 0 Å². The van der Waals surface area contributed by atoms with Crippen LogP contribution < -0.4 is 0 Å². The van der Waals surface area contributed by atoms with E-state index < -0.39 is 6.17 Å². The smallest absolute Gasteiger partial charge is 0.144 e. The van der Waals surface area contributed by atoms with Gasteiger partial charge in [0.05, 0.1) is 0 Å². The number of hydrogen-bond acceptors (Lipinski definition) is 0. The van der Waals surface area contributed by atoms with Gasteiger partial charge in [-0.25, -0.2) is 4.39 Å². The van der Waals surface area contributed by atoms with Gasteiger partial charge in [0, 0.05) is 0 Å². The van der Waals surface area contributed by atoms with Crippen molar-refractivity contribution < 1.29 is 4.39 Å². The third kappa shape index (κ3) is 1.13. The number of allylic oxidation sites excluding steroid dienone is 1. The molecule has 1 atom stereocenters. The lowest BCUT2D eigenvalue weighted by atomic mass is 9.90. The average molecular weight is 198 g/mol. The molecule has 1 aliphatic carbocycles. The van der Waals surface area contributed by atoms with Crippen LogP contribution in [0.15, 0.2) is 36.4 Å². The second kappa shape index (κ2) is 2.93. The van der Waals surface area contributed by atoms with Crippen LogP contribution in [0.1, 0.15) is 22.9 Å². The molecule has 0 fully saturated rings. The fraction of sp³-hybridized carbons (Fsp3) is 0.143. The first kappa shape index (κ1) is 8.66. The highest BCUT2D eigenvalue weighted by Gasteiger charge is 2.17. The van der Waals surface area contributed by atoms with Crippen molar-refractivity contribution in [2.24, 2.45) is 0 Å². The van der Waals surface area contributed by atoms with Crippen LogP contribution in [0.3, 0.4) is 0 Å². The molecule has 0 heterocycles. The minimum Gasteiger partial charge on any atom is -0.238 e. The summed E-state index contributed by atoms with van der Waals surface area (Å²) in [5, 5.41) is 2.20. The quantitative estimate of drug-likeness (QED) is 0.595. The summed E-state index contributed by atoms with van der Waals surface area (Å²) in [6.07, 6.45) is 2.57. The summed E-state index contributed by atoms with van der Waals surface area (Å²) in [6.45, 7) is 2.06. The largest absolute Gasteiger partial charge is 0.238 e. The molecule has 2 aromatic carbocycles. The maximum absolute atomic E-state index is 13.7. The average Bonchev–Trinajstić information content (AvgIpc) is 2.26. The predicted octanol–water partition coefficient (Wildman–Crippen LogP) is 4.19. The summed E-state index contributed by atoms with van der Waals surface area (Å²) in [4.78, 5) is 0. The van der Waals surface area contributed by atoms with E-state index in [1.807, 2.05) is 24.3 Å². The Morgan fingerprint density at radius 2 is 2.00 bits per heavy atom. The molecule has 0 radical (unpaired) electrons. The topological polar surface area (TPSA) is 0 Å². The zero-order chi connectivity index (χ0) is 10.4. The minimum absolute atomic E-state index is 0.800. The zero-order valence-electron chi connectivity index (χ0n) is 8.50. The van der Waals surface area contributed by atoms with Crippen LogP contribution in [0, 0.1) is 6.92 Å². The van der Waals surface area contributed by atoms with E-state index in [0.717, 1.165) is 21.9 Å². The van der Waals surface area contributed by atoms with Gasteiger partial charge in [0.25, 0.3) is 0 Å². The van der Waals surface area contributed by atoms with Gasteiger partial charge in [-0.15, -0.1) is 0 Å². The summed E-state index contributed by atoms with van der Waals surface area (Å²) < 4.78 is 13.7. The van der Waals surface area contributed by atoms with E-state index in [2.05, 4.69) is 19.1 Å². The molecule has 0 saturated carbocycles. The van der Waals surface area contributed by atoms with Gasteiger partial charge in [0.15, 0.2) is 0 Å². The van der Waals surface area contributed by atoms with Crippen molar-refractivity contribution >= 4 is 16.8 Å². The Balaban J connectivity index is 2.53. The molecule has 0 amide bonds. The van der Waals surface area contributed by atoms with Gasteiger partial charge < -0.3 is 0 Å². The highest BCUT2D eigenvalue weighted by Crippen LogP contribution is 2.36. The number of benzene rings is 2. The lowest BCUT2D eigenvalue weighted by molar-refractivity contribution is 0.417. The van der Waals surface area contributed by atoms with Gasteiger partial charge in [-0.05, 0) is 40.5 Å². The summed E-state index contributed by atoms with van der Waals surface area (Å²) in [5.74, 6) is 0. The second-order valence-electron chi connectivity index (χ2n) is 4.00. The molecule has 0 aliphatic heterocycles. The van der Waals surface area contributed by atoms with Crippen molar-refractivity contribution in [1.29, 1.82) is 0 Å². The molecule has 1 heteroatoms. The lowest BCUT2D eigenvalue weighted by Gasteiger charge is -2.17. The molecule has 0 bridgehead atoms. The molecule has 1 unspecified atom stereocenters. The monoisotopic (exact) mass is 198 g/mol. The molecule has 15 heavy (non-hydrogen) atoms. The minimum atomic E-state index is -0.956. The van der Waals surface area contributed by atoms with Crippen molar-refractivity contribution in [3.8, 4) is 0 Å². The first-order valence-electron chi connectivity index (χ1n) is 5.12. The Bertz CT molecular complexity index is 567. The lowest BCUT2D eigenvalue weighted by Crippen LogP contribution is -1.97. The Labute approximate surface area is 88.0 Å². The molecule has 3 rings (SSSR count). The second-order valence-corrected chi connectivity index (χ2v) is 4.00. The summed E-state index contributed by atoms with van der Waals surface area (Å²) in [5.41, 5.74) is 3.17. The molecular formula is C14H11F. The first-order valence-corrected chi connectivity index (χ1v) is 5.12. The van der Waals surface area contributed by atoms with Gasteiger partial charge >= 0.3 is 0 Å². The molecule has 0 saturated heterocycles.